The molecule has 1 N–H and O–H groups in total. The van der Waals surface area contributed by atoms with Crippen molar-refractivity contribution in [3.05, 3.63) is 108 Å². The Balaban J connectivity index is 1.31. The Morgan fingerprint density at radius 2 is 0.979 bits per heavy atom. The van der Waals surface area contributed by atoms with Crippen molar-refractivity contribution in [3.63, 3.8) is 0 Å². The van der Waals surface area contributed by atoms with Crippen LogP contribution in [0.2, 0.25) is 0 Å². The summed E-state index contributed by atoms with van der Waals surface area (Å²) in [6.45, 7) is 4.21. The third-order valence-electron chi connectivity index (χ3n) is 8.86. The molecule has 3 aromatic carbocycles. The molecule has 1 saturated heterocycles. The summed E-state index contributed by atoms with van der Waals surface area (Å²) in [5.74, 6) is 0. The van der Waals surface area contributed by atoms with E-state index in [1.165, 1.54) is 64.2 Å². The predicted molar refractivity (Wildman–Crippen MR) is 188 cm³/mol. The smallest absolute Gasteiger partial charge is 0.186 e. The van der Waals surface area contributed by atoms with Crippen LogP contribution >= 0.6 is 0 Å². The molecule has 1 heterocycles. The first-order chi connectivity index (χ1) is 23.2. The van der Waals surface area contributed by atoms with E-state index in [1.807, 2.05) is 91.0 Å². The summed E-state index contributed by atoms with van der Waals surface area (Å²) in [7, 11) is 0. The summed E-state index contributed by atoms with van der Waals surface area (Å²) in [4.78, 5) is 0. The molecule has 6 heteroatoms. The van der Waals surface area contributed by atoms with Crippen LogP contribution in [-0.4, -0.2) is 49.0 Å². The molecule has 0 bridgehead atoms. The molecule has 1 aliphatic heterocycles. The van der Waals surface area contributed by atoms with E-state index in [2.05, 4.69) is 6.92 Å². The molecule has 258 valence electrons. The summed E-state index contributed by atoms with van der Waals surface area (Å²) in [5.41, 5.74) is 3.12. The number of hydrogen-bond acceptors (Lipinski definition) is 6. The second kappa shape index (κ2) is 22.9. The molecule has 0 saturated carbocycles. The van der Waals surface area contributed by atoms with E-state index in [-0.39, 0.29) is 6.61 Å². The second-order valence-electron chi connectivity index (χ2n) is 12.8. The van der Waals surface area contributed by atoms with Gasteiger partial charge in [0.2, 0.25) is 0 Å². The van der Waals surface area contributed by atoms with Gasteiger partial charge in [0.25, 0.3) is 0 Å². The molecule has 0 amide bonds. The van der Waals surface area contributed by atoms with Crippen molar-refractivity contribution < 1.29 is 28.8 Å². The lowest BCUT2D eigenvalue weighted by atomic mass is 9.98. The first-order valence-electron chi connectivity index (χ1n) is 18.1. The standard InChI is InChI=1S/C41H58O6/c1-2-3-4-5-6-7-8-9-10-11-12-22-29-44-41-40(46-32-36-27-20-15-21-28-36)38(42)39(45-31-35-25-18-14-19-26-35)37(47-41)33-43-30-34-23-16-13-17-24-34/h13-21,23-28,37-42H,2-12,22,29-33H2,1H3/t37-,38+,39+,40-,41-/m1/s1. The molecule has 0 radical (unpaired) electrons. The van der Waals surface area contributed by atoms with E-state index >= 15 is 0 Å². The van der Waals surface area contributed by atoms with Crippen LogP contribution in [0.5, 0.6) is 0 Å². The molecule has 3 aromatic rings. The lowest BCUT2D eigenvalue weighted by Gasteiger charge is -2.44. The fraction of sp³-hybridized carbons (Fsp3) is 0.561. The van der Waals surface area contributed by atoms with Gasteiger partial charge in [-0.2, -0.15) is 0 Å². The van der Waals surface area contributed by atoms with Crippen molar-refractivity contribution in [2.24, 2.45) is 0 Å². The predicted octanol–water partition coefficient (Wildman–Crippen LogP) is 9.18. The Bertz CT molecular complexity index is 1160. The molecule has 0 aromatic heterocycles. The van der Waals surface area contributed by atoms with Crippen molar-refractivity contribution in [2.75, 3.05) is 13.2 Å². The summed E-state index contributed by atoms with van der Waals surface area (Å²) in [5, 5.41) is 11.8. The van der Waals surface area contributed by atoms with Crippen molar-refractivity contribution in [3.8, 4) is 0 Å². The average Bonchev–Trinajstić information content (AvgIpc) is 3.11. The van der Waals surface area contributed by atoms with Crippen LogP contribution < -0.4 is 0 Å². The van der Waals surface area contributed by atoms with Crippen LogP contribution in [0.4, 0.5) is 0 Å². The van der Waals surface area contributed by atoms with Gasteiger partial charge in [-0.25, -0.2) is 0 Å². The number of rotatable bonds is 24. The fourth-order valence-electron chi connectivity index (χ4n) is 6.09. The lowest BCUT2D eigenvalue weighted by Crippen LogP contribution is -2.61. The zero-order valence-electron chi connectivity index (χ0n) is 28.6. The van der Waals surface area contributed by atoms with Gasteiger partial charge in [-0.05, 0) is 23.1 Å². The van der Waals surface area contributed by atoms with Crippen molar-refractivity contribution >= 4 is 0 Å². The third-order valence-corrected chi connectivity index (χ3v) is 8.86. The molecule has 4 rings (SSSR count). The summed E-state index contributed by atoms with van der Waals surface area (Å²) < 4.78 is 31.7. The Morgan fingerprint density at radius 3 is 1.49 bits per heavy atom. The summed E-state index contributed by atoms with van der Waals surface area (Å²) in [6.07, 6.45) is 11.8. The van der Waals surface area contributed by atoms with Crippen LogP contribution in [0.3, 0.4) is 0 Å². The molecule has 6 nitrogen and oxygen atoms in total. The van der Waals surface area contributed by atoms with Gasteiger partial charge in [0.05, 0.1) is 26.4 Å². The minimum Gasteiger partial charge on any atom is -0.387 e. The molecule has 1 aliphatic rings. The van der Waals surface area contributed by atoms with Crippen molar-refractivity contribution in [2.45, 2.75) is 135 Å². The number of benzene rings is 3. The molecule has 1 fully saturated rings. The van der Waals surface area contributed by atoms with E-state index in [9.17, 15) is 5.11 Å². The van der Waals surface area contributed by atoms with Crippen LogP contribution in [-0.2, 0) is 43.5 Å². The van der Waals surface area contributed by atoms with Gasteiger partial charge in [-0.3, -0.25) is 0 Å². The van der Waals surface area contributed by atoms with Crippen molar-refractivity contribution in [1.82, 2.24) is 0 Å². The van der Waals surface area contributed by atoms with Crippen molar-refractivity contribution in [1.29, 1.82) is 0 Å². The zero-order valence-corrected chi connectivity index (χ0v) is 28.6. The zero-order chi connectivity index (χ0) is 32.8. The topological polar surface area (TPSA) is 66.4 Å². The molecular formula is C41H58O6. The van der Waals surface area contributed by atoms with Gasteiger partial charge in [0.15, 0.2) is 6.29 Å². The normalized spacial score (nSPS) is 21.2. The highest BCUT2D eigenvalue weighted by Gasteiger charge is 2.47. The van der Waals surface area contributed by atoms with E-state index in [0.29, 0.717) is 26.4 Å². The Labute approximate surface area is 283 Å². The Hall–Kier alpha value is -2.58. The fourth-order valence-corrected chi connectivity index (χ4v) is 6.09. The van der Waals surface area contributed by atoms with Gasteiger partial charge >= 0.3 is 0 Å². The Kier molecular flexibility index (Phi) is 18.1. The number of ether oxygens (including phenoxy) is 5. The molecule has 0 unspecified atom stereocenters. The van der Waals surface area contributed by atoms with Gasteiger partial charge in [0.1, 0.15) is 24.4 Å². The van der Waals surface area contributed by atoms with E-state index < -0.39 is 30.7 Å². The minimum absolute atomic E-state index is 0.259. The number of aliphatic hydroxyl groups is 1. The quantitative estimate of drug-likeness (QED) is 0.0980. The van der Waals surface area contributed by atoms with E-state index in [4.69, 9.17) is 23.7 Å². The molecular weight excluding hydrogens is 588 g/mol. The lowest BCUT2D eigenvalue weighted by molar-refractivity contribution is -0.320. The third kappa shape index (κ3) is 14.2. The van der Waals surface area contributed by atoms with Crippen LogP contribution in [0, 0.1) is 0 Å². The average molecular weight is 647 g/mol. The highest BCUT2D eigenvalue weighted by atomic mass is 16.7. The second-order valence-corrected chi connectivity index (χ2v) is 12.8. The highest BCUT2D eigenvalue weighted by molar-refractivity contribution is 5.15. The maximum Gasteiger partial charge on any atom is 0.186 e. The minimum atomic E-state index is -0.964. The number of hydrogen-bond donors (Lipinski definition) is 1. The largest absolute Gasteiger partial charge is 0.387 e. The van der Waals surface area contributed by atoms with Gasteiger partial charge in [-0.1, -0.05) is 169 Å². The number of unbranched alkanes of at least 4 members (excludes halogenated alkanes) is 11. The maximum absolute atomic E-state index is 11.8. The first-order valence-corrected chi connectivity index (χ1v) is 18.1. The monoisotopic (exact) mass is 646 g/mol. The molecule has 0 aliphatic carbocycles. The summed E-state index contributed by atoms with van der Waals surface area (Å²) >= 11 is 0. The van der Waals surface area contributed by atoms with Crippen LogP contribution in [0.1, 0.15) is 101 Å². The van der Waals surface area contributed by atoms with Crippen LogP contribution in [0.15, 0.2) is 91.0 Å². The van der Waals surface area contributed by atoms with Gasteiger partial charge in [0, 0.05) is 6.61 Å². The SMILES string of the molecule is CCCCCCCCCCCCCCO[C@@H]1O[C@H](COCc2ccccc2)[C@H](OCc2ccccc2)[C@H](O)[C@H]1OCc1ccccc1. The molecule has 5 atom stereocenters. The molecule has 0 spiro atoms. The molecule has 47 heavy (non-hydrogen) atoms. The van der Waals surface area contributed by atoms with E-state index in [1.54, 1.807) is 0 Å². The van der Waals surface area contributed by atoms with E-state index in [0.717, 1.165) is 29.5 Å². The Morgan fingerprint density at radius 1 is 0.532 bits per heavy atom. The number of aliphatic hydroxyl groups excluding tert-OH is 1. The highest BCUT2D eigenvalue weighted by Crippen LogP contribution is 2.29. The maximum atomic E-state index is 11.8. The summed E-state index contributed by atoms with van der Waals surface area (Å²) in [6, 6.07) is 30.0. The van der Waals surface area contributed by atoms with Gasteiger partial charge in [-0.15, -0.1) is 0 Å². The van der Waals surface area contributed by atoms with Gasteiger partial charge < -0.3 is 28.8 Å². The first kappa shape index (κ1) is 37.2. The van der Waals surface area contributed by atoms with Crippen LogP contribution in [0.25, 0.3) is 0 Å².